The highest BCUT2D eigenvalue weighted by molar-refractivity contribution is 5.96. The molecule has 1 unspecified atom stereocenters. The second-order valence-electron chi connectivity index (χ2n) is 5.21. The number of anilines is 1. The van der Waals surface area contributed by atoms with Gasteiger partial charge in [0.25, 0.3) is 0 Å². The number of nitrogens with one attached hydrogen (secondary N) is 1. The molecule has 2 amide bonds. The Kier molecular flexibility index (Phi) is 4.04. The third kappa shape index (κ3) is 2.93. The van der Waals surface area contributed by atoms with Crippen molar-refractivity contribution < 1.29 is 23.8 Å². The largest absolute Gasteiger partial charge is 0.454 e. The van der Waals surface area contributed by atoms with Crippen LogP contribution >= 0.6 is 0 Å². The van der Waals surface area contributed by atoms with Gasteiger partial charge in [-0.25, -0.2) is 4.79 Å². The van der Waals surface area contributed by atoms with E-state index < -0.39 is 6.09 Å². The first kappa shape index (κ1) is 14.5. The number of rotatable bonds is 4. The minimum atomic E-state index is -0.448. The van der Waals surface area contributed by atoms with Gasteiger partial charge in [-0.2, -0.15) is 0 Å². The Balaban J connectivity index is 1.61. The quantitative estimate of drug-likeness (QED) is 0.912. The van der Waals surface area contributed by atoms with Gasteiger partial charge in [-0.1, -0.05) is 0 Å². The first-order valence-electron chi connectivity index (χ1n) is 7.28. The number of carbonyl (C=O) groups excluding carboxylic acids is 2. The lowest BCUT2D eigenvalue weighted by molar-refractivity contribution is -0.117. The van der Waals surface area contributed by atoms with Gasteiger partial charge in [-0.05, 0) is 19.1 Å². The maximum absolute atomic E-state index is 12.2. The number of nitrogens with zero attached hydrogens (tertiary/aromatic N) is 1. The molecular formula is C15H18N2O5. The summed E-state index contributed by atoms with van der Waals surface area (Å²) in [6.45, 7) is 3.27. The highest BCUT2D eigenvalue weighted by atomic mass is 16.7. The minimum Gasteiger partial charge on any atom is -0.454 e. The molecule has 0 aromatic heterocycles. The minimum absolute atomic E-state index is 0.0366. The average molecular weight is 306 g/mol. The molecular weight excluding hydrogens is 288 g/mol. The highest BCUT2D eigenvalue weighted by Crippen LogP contribution is 2.37. The Morgan fingerprint density at radius 3 is 3.05 bits per heavy atom. The molecule has 1 saturated heterocycles. The summed E-state index contributed by atoms with van der Waals surface area (Å²) in [5.41, 5.74) is 0.785. The zero-order valence-electron chi connectivity index (χ0n) is 12.3. The number of ether oxygens (including phenoxy) is 3. The van der Waals surface area contributed by atoms with Crippen molar-refractivity contribution in [2.45, 2.75) is 13.3 Å². The van der Waals surface area contributed by atoms with Crippen molar-refractivity contribution in [3.63, 3.8) is 0 Å². The van der Waals surface area contributed by atoms with E-state index in [0.717, 1.165) is 5.69 Å². The maximum atomic E-state index is 12.2. The first-order valence-corrected chi connectivity index (χ1v) is 7.28. The van der Waals surface area contributed by atoms with Crippen molar-refractivity contribution in [1.29, 1.82) is 0 Å². The molecule has 22 heavy (non-hydrogen) atoms. The Bertz CT molecular complexity index is 589. The molecule has 1 atom stereocenters. The Hall–Kier alpha value is -2.44. The molecule has 7 nitrogen and oxygen atoms in total. The smallest absolute Gasteiger partial charge is 0.407 e. The lowest BCUT2D eigenvalue weighted by Crippen LogP contribution is -2.31. The zero-order chi connectivity index (χ0) is 15.5. The van der Waals surface area contributed by atoms with Gasteiger partial charge in [0.1, 0.15) is 0 Å². The molecule has 1 N–H and O–H groups in total. The first-order chi connectivity index (χ1) is 10.7. The van der Waals surface area contributed by atoms with Crippen molar-refractivity contribution in [1.82, 2.24) is 5.32 Å². The molecule has 2 aliphatic heterocycles. The molecule has 2 heterocycles. The van der Waals surface area contributed by atoms with E-state index in [9.17, 15) is 9.59 Å². The summed E-state index contributed by atoms with van der Waals surface area (Å²) in [7, 11) is 0. The molecule has 7 heteroatoms. The SMILES string of the molecule is CCOC(=O)NCC1CC(=O)N(c2ccc3c(c2)OCO3)C1. The maximum Gasteiger partial charge on any atom is 0.407 e. The molecule has 0 spiro atoms. The van der Waals surface area contributed by atoms with Crippen molar-refractivity contribution in [3.05, 3.63) is 18.2 Å². The monoisotopic (exact) mass is 306 g/mol. The van der Waals surface area contributed by atoms with Crippen LogP contribution in [-0.2, 0) is 9.53 Å². The van der Waals surface area contributed by atoms with E-state index in [-0.39, 0.29) is 18.6 Å². The fourth-order valence-corrected chi connectivity index (χ4v) is 2.63. The number of carbonyl (C=O) groups is 2. The van der Waals surface area contributed by atoms with Crippen LogP contribution < -0.4 is 19.7 Å². The van der Waals surface area contributed by atoms with Crippen molar-refractivity contribution >= 4 is 17.7 Å². The van der Waals surface area contributed by atoms with E-state index in [1.807, 2.05) is 6.07 Å². The van der Waals surface area contributed by atoms with E-state index in [4.69, 9.17) is 14.2 Å². The van der Waals surface area contributed by atoms with E-state index >= 15 is 0 Å². The van der Waals surface area contributed by atoms with Crippen molar-refractivity contribution in [2.75, 3.05) is 31.4 Å². The summed E-state index contributed by atoms with van der Waals surface area (Å²) in [4.78, 5) is 25.2. The Morgan fingerprint density at radius 1 is 1.41 bits per heavy atom. The number of fused-ring (bicyclic) bond motifs is 1. The van der Waals surface area contributed by atoms with E-state index in [2.05, 4.69) is 5.32 Å². The third-order valence-corrected chi connectivity index (χ3v) is 3.68. The van der Waals surface area contributed by atoms with Gasteiger partial charge < -0.3 is 24.4 Å². The summed E-state index contributed by atoms with van der Waals surface area (Å²) in [5.74, 6) is 1.45. The summed E-state index contributed by atoms with van der Waals surface area (Å²) < 4.78 is 15.4. The molecule has 3 rings (SSSR count). The van der Waals surface area contributed by atoms with Gasteiger partial charge in [0.05, 0.1) is 6.61 Å². The molecule has 0 bridgehead atoms. The summed E-state index contributed by atoms with van der Waals surface area (Å²) in [6, 6.07) is 5.45. The van der Waals surface area contributed by atoms with Crippen LogP contribution in [0.5, 0.6) is 11.5 Å². The second-order valence-corrected chi connectivity index (χ2v) is 5.21. The van der Waals surface area contributed by atoms with Gasteiger partial charge in [-0.15, -0.1) is 0 Å². The molecule has 0 aliphatic carbocycles. The van der Waals surface area contributed by atoms with Crippen LogP contribution in [0.3, 0.4) is 0 Å². The summed E-state index contributed by atoms with van der Waals surface area (Å²) in [6.07, 6.45) is -0.0441. The number of hydrogen-bond donors (Lipinski definition) is 1. The van der Waals surface area contributed by atoms with Crippen LogP contribution in [0.2, 0.25) is 0 Å². The standard InChI is InChI=1S/C15H18N2O5/c1-2-20-15(19)16-7-10-5-14(18)17(8-10)11-3-4-12-13(6-11)22-9-21-12/h3-4,6,10H,2,5,7-9H2,1H3,(H,16,19). The number of benzene rings is 1. The van der Waals surface area contributed by atoms with Gasteiger partial charge in [-0.3, -0.25) is 4.79 Å². The Labute approximate surface area is 128 Å². The van der Waals surface area contributed by atoms with E-state index in [1.54, 1.807) is 24.0 Å². The predicted molar refractivity (Wildman–Crippen MR) is 78.0 cm³/mol. The summed E-state index contributed by atoms with van der Waals surface area (Å²) in [5, 5.41) is 2.68. The highest BCUT2D eigenvalue weighted by Gasteiger charge is 2.31. The van der Waals surface area contributed by atoms with E-state index in [1.165, 1.54) is 0 Å². The third-order valence-electron chi connectivity index (χ3n) is 3.68. The zero-order valence-corrected chi connectivity index (χ0v) is 12.3. The van der Waals surface area contributed by atoms with Gasteiger partial charge >= 0.3 is 6.09 Å². The number of hydrogen-bond acceptors (Lipinski definition) is 5. The number of amides is 2. The average Bonchev–Trinajstić information content (AvgIpc) is 3.11. The van der Waals surface area contributed by atoms with E-state index in [0.29, 0.717) is 37.6 Å². The topological polar surface area (TPSA) is 77.1 Å². The molecule has 1 fully saturated rings. The summed E-state index contributed by atoms with van der Waals surface area (Å²) >= 11 is 0. The van der Waals surface area contributed by atoms with Gasteiger partial charge in [0.2, 0.25) is 12.7 Å². The fourth-order valence-electron chi connectivity index (χ4n) is 2.63. The molecule has 118 valence electrons. The van der Waals surface area contributed by atoms with Crippen LogP contribution in [0.4, 0.5) is 10.5 Å². The van der Waals surface area contributed by atoms with Crippen LogP contribution in [-0.4, -0.2) is 38.5 Å². The lowest BCUT2D eigenvalue weighted by atomic mass is 10.1. The van der Waals surface area contributed by atoms with Gasteiger partial charge in [0, 0.05) is 37.2 Å². The van der Waals surface area contributed by atoms with Crippen molar-refractivity contribution in [3.8, 4) is 11.5 Å². The molecule has 0 radical (unpaired) electrons. The fraction of sp³-hybridized carbons (Fsp3) is 0.467. The molecule has 2 aliphatic rings. The Morgan fingerprint density at radius 2 is 2.23 bits per heavy atom. The molecule has 1 aromatic carbocycles. The van der Waals surface area contributed by atoms with Crippen LogP contribution in [0, 0.1) is 5.92 Å². The van der Waals surface area contributed by atoms with Gasteiger partial charge in [0.15, 0.2) is 11.5 Å². The normalized spacial score (nSPS) is 19.4. The van der Waals surface area contributed by atoms with Crippen LogP contribution in [0.15, 0.2) is 18.2 Å². The van der Waals surface area contributed by atoms with Crippen LogP contribution in [0.1, 0.15) is 13.3 Å². The second kappa shape index (κ2) is 6.13. The number of alkyl carbamates (subject to hydrolysis) is 1. The predicted octanol–water partition coefficient (Wildman–Crippen LogP) is 1.51. The van der Waals surface area contributed by atoms with Crippen LogP contribution in [0.25, 0.3) is 0 Å². The van der Waals surface area contributed by atoms with Crippen molar-refractivity contribution in [2.24, 2.45) is 5.92 Å². The molecule has 1 aromatic rings. The lowest BCUT2D eigenvalue weighted by Gasteiger charge is -2.17. The molecule has 0 saturated carbocycles.